The molecule has 2 aliphatic heterocycles. The van der Waals surface area contributed by atoms with Crippen LogP contribution in [0.1, 0.15) is 12.8 Å². The second kappa shape index (κ2) is 7.69. The van der Waals surface area contributed by atoms with Gasteiger partial charge >= 0.3 is 0 Å². The highest BCUT2D eigenvalue weighted by Crippen LogP contribution is 2.36. The van der Waals surface area contributed by atoms with Crippen molar-refractivity contribution < 1.29 is 17.9 Å². The van der Waals surface area contributed by atoms with Crippen LogP contribution in [0.2, 0.25) is 5.02 Å². The van der Waals surface area contributed by atoms with E-state index in [2.05, 4.69) is 4.98 Å². The Labute approximate surface area is 168 Å². The number of benzene rings is 1. The SMILES string of the molecule is O=C(C1CCN(S(=O)(=O)c2cccnc2)CC1)N1CCOc2ccc(Cl)cc21. The van der Waals surface area contributed by atoms with Gasteiger partial charge in [0.1, 0.15) is 17.3 Å². The number of fused-ring (bicyclic) bond motifs is 1. The number of nitrogens with zero attached hydrogens (tertiary/aromatic N) is 3. The van der Waals surface area contributed by atoms with Crippen molar-refractivity contribution in [3.05, 3.63) is 47.7 Å². The second-order valence-corrected chi connectivity index (χ2v) is 9.19. The summed E-state index contributed by atoms with van der Waals surface area (Å²) in [6.45, 7) is 1.50. The number of carbonyl (C=O) groups excluding carboxylic acids is 1. The van der Waals surface area contributed by atoms with Gasteiger partial charge < -0.3 is 9.64 Å². The monoisotopic (exact) mass is 421 g/mol. The van der Waals surface area contributed by atoms with Crippen LogP contribution in [0.4, 0.5) is 5.69 Å². The molecule has 0 atom stereocenters. The van der Waals surface area contributed by atoms with Crippen molar-refractivity contribution in [2.75, 3.05) is 31.1 Å². The fourth-order valence-electron chi connectivity index (χ4n) is 3.63. The van der Waals surface area contributed by atoms with E-state index in [-0.39, 0.29) is 16.7 Å². The maximum Gasteiger partial charge on any atom is 0.244 e. The second-order valence-electron chi connectivity index (χ2n) is 6.82. The van der Waals surface area contributed by atoms with Crippen LogP contribution >= 0.6 is 11.6 Å². The minimum Gasteiger partial charge on any atom is -0.490 e. The Hall–Kier alpha value is -2.16. The largest absolute Gasteiger partial charge is 0.490 e. The van der Waals surface area contributed by atoms with Crippen molar-refractivity contribution in [1.29, 1.82) is 0 Å². The van der Waals surface area contributed by atoms with E-state index in [0.29, 0.717) is 55.5 Å². The molecule has 2 aromatic rings. The maximum atomic E-state index is 13.1. The number of pyridine rings is 1. The van der Waals surface area contributed by atoms with Crippen LogP contribution < -0.4 is 9.64 Å². The number of anilines is 1. The topological polar surface area (TPSA) is 79.8 Å². The Morgan fingerprint density at radius 1 is 1.18 bits per heavy atom. The molecule has 4 rings (SSSR count). The minimum atomic E-state index is -3.58. The molecular formula is C19H20ClN3O4S. The first-order chi connectivity index (χ1) is 13.5. The van der Waals surface area contributed by atoms with E-state index < -0.39 is 10.0 Å². The molecule has 1 aromatic carbocycles. The van der Waals surface area contributed by atoms with E-state index in [1.165, 1.54) is 22.8 Å². The molecule has 9 heteroatoms. The van der Waals surface area contributed by atoms with Crippen LogP contribution in [-0.4, -0.2) is 49.9 Å². The van der Waals surface area contributed by atoms with Gasteiger partial charge in [0.2, 0.25) is 15.9 Å². The fraction of sp³-hybridized carbons (Fsp3) is 0.368. The van der Waals surface area contributed by atoms with Gasteiger partial charge in [-0.2, -0.15) is 4.31 Å². The zero-order valence-corrected chi connectivity index (χ0v) is 16.7. The Morgan fingerprint density at radius 3 is 2.68 bits per heavy atom. The van der Waals surface area contributed by atoms with Crippen LogP contribution in [0.15, 0.2) is 47.6 Å². The Balaban J connectivity index is 1.46. The van der Waals surface area contributed by atoms with E-state index in [9.17, 15) is 13.2 Å². The van der Waals surface area contributed by atoms with Gasteiger partial charge in [0.15, 0.2) is 0 Å². The van der Waals surface area contributed by atoms with Gasteiger partial charge in [-0.3, -0.25) is 9.78 Å². The molecule has 1 aromatic heterocycles. The summed E-state index contributed by atoms with van der Waals surface area (Å²) in [5.41, 5.74) is 0.675. The third-order valence-corrected chi connectivity index (χ3v) is 7.24. The van der Waals surface area contributed by atoms with E-state index in [0.717, 1.165) is 0 Å². The Bertz CT molecular complexity index is 976. The molecule has 148 valence electrons. The summed E-state index contributed by atoms with van der Waals surface area (Å²) in [5.74, 6) is 0.399. The lowest BCUT2D eigenvalue weighted by Gasteiger charge is -2.35. The summed E-state index contributed by atoms with van der Waals surface area (Å²) in [6.07, 6.45) is 3.84. The summed E-state index contributed by atoms with van der Waals surface area (Å²) in [5, 5.41) is 0.541. The number of piperidine rings is 1. The van der Waals surface area contributed by atoms with Crippen LogP contribution in [-0.2, 0) is 14.8 Å². The number of rotatable bonds is 3. The number of hydrogen-bond acceptors (Lipinski definition) is 5. The van der Waals surface area contributed by atoms with Crippen LogP contribution in [0, 0.1) is 5.92 Å². The van der Waals surface area contributed by atoms with Gasteiger partial charge in [-0.15, -0.1) is 0 Å². The van der Waals surface area contributed by atoms with Crippen LogP contribution in [0.5, 0.6) is 5.75 Å². The minimum absolute atomic E-state index is 0.00903. The van der Waals surface area contributed by atoms with Crippen molar-refractivity contribution in [3.63, 3.8) is 0 Å². The predicted octanol–water partition coefficient (Wildman–Crippen LogP) is 2.56. The summed E-state index contributed by atoms with van der Waals surface area (Å²) in [6, 6.07) is 8.37. The lowest BCUT2D eigenvalue weighted by atomic mass is 9.96. The van der Waals surface area contributed by atoms with Gasteiger partial charge in [-0.05, 0) is 43.2 Å². The molecule has 0 aliphatic carbocycles. The van der Waals surface area contributed by atoms with Crippen molar-refractivity contribution in [2.24, 2.45) is 5.92 Å². The van der Waals surface area contributed by atoms with E-state index in [1.807, 2.05) is 0 Å². The van der Waals surface area contributed by atoms with Crippen molar-refractivity contribution in [2.45, 2.75) is 17.7 Å². The molecule has 0 bridgehead atoms. The first-order valence-corrected chi connectivity index (χ1v) is 10.9. The molecule has 7 nitrogen and oxygen atoms in total. The Morgan fingerprint density at radius 2 is 1.96 bits per heavy atom. The molecule has 1 amide bonds. The van der Waals surface area contributed by atoms with Gasteiger partial charge in [-0.1, -0.05) is 11.6 Å². The van der Waals surface area contributed by atoms with Gasteiger partial charge in [0, 0.05) is 36.4 Å². The smallest absolute Gasteiger partial charge is 0.244 e. The number of ether oxygens (including phenoxy) is 1. The van der Waals surface area contributed by atoms with Crippen molar-refractivity contribution in [1.82, 2.24) is 9.29 Å². The summed E-state index contributed by atoms with van der Waals surface area (Å²) in [4.78, 5) is 18.9. The standard InChI is InChI=1S/C19H20ClN3O4S/c20-15-3-4-18-17(12-15)23(10-11-27-18)19(24)14-5-8-22(9-6-14)28(25,26)16-2-1-7-21-13-16/h1-4,7,12-14H,5-6,8-11H2. The molecule has 0 radical (unpaired) electrons. The zero-order chi connectivity index (χ0) is 19.7. The molecule has 0 saturated carbocycles. The average molecular weight is 422 g/mol. The molecule has 0 N–H and O–H groups in total. The normalized spacial score (nSPS) is 18.4. The molecular weight excluding hydrogens is 402 g/mol. The van der Waals surface area contributed by atoms with Crippen LogP contribution in [0.25, 0.3) is 0 Å². The zero-order valence-electron chi connectivity index (χ0n) is 15.1. The molecule has 2 aliphatic rings. The highest BCUT2D eigenvalue weighted by Gasteiger charge is 2.35. The summed E-state index contributed by atoms with van der Waals surface area (Å²) >= 11 is 6.09. The first kappa shape index (κ1) is 19.2. The van der Waals surface area contributed by atoms with Gasteiger partial charge in [0.25, 0.3) is 0 Å². The van der Waals surface area contributed by atoms with Crippen molar-refractivity contribution >= 4 is 33.2 Å². The first-order valence-electron chi connectivity index (χ1n) is 9.11. The lowest BCUT2D eigenvalue weighted by Crippen LogP contribution is -2.46. The number of sulfonamides is 1. The number of hydrogen-bond donors (Lipinski definition) is 0. The molecule has 3 heterocycles. The third kappa shape index (κ3) is 3.59. The number of aromatic nitrogens is 1. The number of amides is 1. The van der Waals surface area contributed by atoms with Crippen molar-refractivity contribution in [3.8, 4) is 5.75 Å². The fourth-order valence-corrected chi connectivity index (χ4v) is 5.23. The molecule has 1 fully saturated rings. The van der Waals surface area contributed by atoms with E-state index in [1.54, 1.807) is 29.2 Å². The average Bonchev–Trinajstić information content (AvgIpc) is 2.73. The predicted molar refractivity (Wildman–Crippen MR) is 105 cm³/mol. The molecule has 1 saturated heterocycles. The van der Waals surface area contributed by atoms with Gasteiger partial charge in [0.05, 0.1) is 12.2 Å². The maximum absolute atomic E-state index is 13.1. The number of carbonyl (C=O) groups is 1. The van der Waals surface area contributed by atoms with Gasteiger partial charge in [-0.25, -0.2) is 8.42 Å². The third-order valence-electron chi connectivity index (χ3n) is 5.13. The molecule has 0 spiro atoms. The lowest BCUT2D eigenvalue weighted by molar-refractivity contribution is -0.123. The van der Waals surface area contributed by atoms with E-state index >= 15 is 0 Å². The molecule has 28 heavy (non-hydrogen) atoms. The summed E-state index contributed by atoms with van der Waals surface area (Å²) < 4.78 is 32.5. The quantitative estimate of drug-likeness (QED) is 0.760. The highest BCUT2D eigenvalue weighted by atomic mass is 35.5. The highest BCUT2D eigenvalue weighted by molar-refractivity contribution is 7.89. The van der Waals surface area contributed by atoms with E-state index in [4.69, 9.17) is 16.3 Å². The Kier molecular flexibility index (Phi) is 5.27. The van der Waals surface area contributed by atoms with Crippen LogP contribution in [0.3, 0.4) is 0 Å². The molecule has 0 unspecified atom stereocenters. The number of halogens is 1. The summed E-state index contributed by atoms with van der Waals surface area (Å²) in [7, 11) is -3.58.